The van der Waals surface area contributed by atoms with E-state index >= 15 is 0 Å². The van der Waals surface area contributed by atoms with Crippen LogP contribution in [-0.2, 0) is 0 Å². The summed E-state index contributed by atoms with van der Waals surface area (Å²) in [5.41, 5.74) is 9.97. The van der Waals surface area contributed by atoms with Crippen molar-refractivity contribution in [1.82, 2.24) is 29.1 Å². The molecule has 5 heterocycles. The molecule has 6 aromatic rings. The number of benzene rings is 1. The Balaban J connectivity index is 1.59. The summed E-state index contributed by atoms with van der Waals surface area (Å²) in [5.74, 6) is -0.0158. The van der Waals surface area contributed by atoms with E-state index in [-0.39, 0.29) is 29.0 Å². The number of fused-ring (bicyclic) bond motifs is 2. The molecule has 1 atom stereocenters. The van der Waals surface area contributed by atoms with Crippen molar-refractivity contribution in [2.24, 2.45) is 0 Å². The van der Waals surface area contributed by atoms with Crippen molar-refractivity contribution in [2.75, 3.05) is 5.73 Å². The Kier molecular flexibility index (Phi) is 6.67. The van der Waals surface area contributed by atoms with E-state index in [0.29, 0.717) is 39.0 Å². The molecule has 10 nitrogen and oxygen atoms in total. The lowest BCUT2D eigenvalue weighted by Gasteiger charge is -2.18. The van der Waals surface area contributed by atoms with E-state index in [2.05, 4.69) is 19.8 Å². The molecule has 0 bridgehead atoms. The SMILES string of the molecule is [C-]#[N+]c1cc(-c2nn([C@@H](C)c3cc4scc(C)n4c(=O)c3-c3cccc(F)c3)c3ncnc(N)c23)cnc1OC(C)C. The van der Waals surface area contributed by atoms with Crippen LogP contribution in [0.15, 0.2) is 59.1 Å². The van der Waals surface area contributed by atoms with Crippen LogP contribution in [0.3, 0.4) is 0 Å². The number of hydrogen-bond acceptors (Lipinski definition) is 8. The van der Waals surface area contributed by atoms with Crippen LogP contribution >= 0.6 is 11.3 Å². The highest BCUT2D eigenvalue weighted by Gasteiger charge is 2.26. The lowest BCUT2D eigenvalue weighted by Crippen LogP contribution is -2.21. The number of nitrogen functional groups attached to an aromatic ring is 1. The van der Waals surface area contributed by atoms with Gasteiger partial charge in [-0.3, -0.25) is 9.20 Å². The molecule has 12 heteroatoms. The smallest absolute Gasteiger partial charge is 0.264 e. The first kappa shape index (κ1) is 27.0. The molecule has 0 fully saturated rings. The van der Waals surface area contributed by atoms with Crippen molar-refractivity contribution in [3.05, 3.63) is 93.1 Å². The van der Waals surface area contributed by atoms with Gasteiger partial charge in [0.25, 0.3) is 5.56 Å². The number of nitrogens with zero attached hydrogens (tertiary/aromatic N) is 7. The number of nitrogens with two attached hydrogens (primary N) is 1. The summed E-state index contributed by atoms with van der Waals surface area (Å²) in [5, 5.41) is 7.29. The van der Waals surface area contributed by atoms with Gasteiger partial charge in [0.1, 0.15) is 28.5 Å². The molecule has 0 aliphatic carbocycles. The third-order valence-electron chi connectivity index (χ3n) is 6.93. The van der Waals surface area contributed by atoms with E-state index in [0.717, 1.165) is 10.5 Å². The van der Waals surface area contributed by atoms with E-state index in [4.69, 9.17) is 22.1 Å². The Bertz CT molecular complexity index is 2110. The van der Waals surface area contributed by atoms with Crippen LogP contribution in [0.4, 0.5) is 15.9 Å². The number of hydrogen-bond donors (Lipinski definition) is 1. The second-order valence-electron chi connectivity index (χ2n) is 10.1. The predicted molar refractivity (Wildman–Crippen MR) is 160 cm³/mol. The fourth-order valence-electron chi connectivity index (χ4n) is 5.05. The topological polar surface area (TPSA) is 118 Å². The molecule has 0 aliphatic heterocycles. The van der Waals surface area contributed by atoms with Gasteiger partial charge in [-0.1, -0.05) is 12.1 Å². The highest BCUT2D eigenvalue weighted by molar-refractivity contribution is 7.15. The van der Waals surface area contributed by atoms with Crippen LogP contribution in [0.2, 0.25) is 0 Å². The van der Waals surface area contributed by atoms with Gasteiger partial charge in [0.2, 0.25) is 11.6 Å². The maximum atomic E-state index is 14.4. The zero-order valence-corrected chi connectivity index (χ0v) is 24.0. The van der Waals surface area contributed by atoms with Crippen molar-refractivity contribution in [3.8, 4) is 28.3 Å². The number of halogens is 1. The standard InChI is InChI=1S/C30H25FN8O2S/c1-15(2)41-29-22(33-5)10-19(12-34-29)26-25-27(32)35-14-36-28(25)39(37-26)17(4)21-11-23-38(16(3)13-42-23)30(40)24(21)18-7-6-8-20(31)9-18/h6-15,17H,1-4H3,(H2,32,35,36)/t17-/m0/s1. The second kappa shape index (κ2) is 10.4. The van der Waals surface area contributed by atoms with Crippen LogP contribution in [-0.4, -0.2) is 35.2 Å². The number of pyridine rings is 2. The molecule has 0 radical (unpaired) electrons. The Morgan fingerprint density at radius 2 is 1.93 bits per heavy atom. The van der Waals surface area contributed by atoms with Crippen LogP contribution in [0.25, 0.3) is 43.1 Å². The Morgan fingerprint density at radius 3 is 2.67 bits per heavy atom. The third-order valence-corrected chi connectivity index (χ3v) is 7.93. The minimum atomic E-state index is -0.536. The molecule has 0 spiro atoms. The molecule has 210 valence electrons. The first-order chi connectivity index (χ1) is 20.2. The number of ether oxygens (including phenoxy) is 1. The van der Waals surface area contributed by atoms with Gasteiger partial charge in [-0.2, -0.15) is 5.10 Å². The van der Waals surface area contributed by atoms with Gasteiger partial charge in [0.15, 0.2) is 5.65 Å². The van der Waals surface area contributed by atoms with Crippen LogP contribution < -0.4 is 16.0 Å². The van der Waals surface area contributed by atoms with Crippen LogP contribution in [0.1, 0.15) is 38.1 Å². The summed E-state index contributed by atoms with van der Waals surface area (Å²) in [6, 6.07) is 9.03. The second-order valence-corrected chi connectivity index (χ2v) is 11.0. The maximum absolute atomic E-state index is 14.4. The van der Waals surface area contributed by atoms with Gasteiger partial charge in [0.05, 0.1) is 29.7 Å². The van der Waals surface area contributed by atoms with E-state index in [1.807, 2.05) is 39.1 Å². The van der Waals surface area contributed by atoms with E-state index in [1.54, 1.807) is 33.5 Å². The van der Waals surface area contributed by atoms with Crippen molar-refractivity contribution in [1.29, 1.82) is 0 Å². The Morgan fingerprint density at radius 1 is 1.12 bits per heavy atom. The lowest BCUT2D eigenvalue weighted by atomic mass is 9.97. The average Bonchev–Trinajstić information content (AvgIpc) is 3.54. The third kappa shape index (κ3) is 4.44. The molecule has 2 N–H and O–H groups in total. The molecule has 1 aromatic carbocycles. The largest absolute Gasteiger partial charge is 0.484 e. The minimum absolute atomic E-state index is 0.158. The Labute approximate surface area is 243 Å². The molecule has 0 saturated heterocycles. The number of aryl methyl sites for hydroxylation is 1. The highest BCUT2D eigenvalue weighted by Crippen LogP contribution is 2.38. The molecule has 0 unspecified atom stereocenters. The maximum Gasteiger partial charge on any atom is 0.264 e. The normalized spacial score (nSPS) is 12.2. The molecule has 5 aromatic heterocycles. The summed E-state index contributed by atoms with van der Waals surface area (Å²) in [6.07, 6.45) is 2.76. The van der Waals surface area contributed by atoms with Gasteiger partial charge < -0.3 is 10.5 Å². The first-order valence-corrected chi connectivity index (χ1v) is 14.0. The van der Waals surface area contributed by atoms with Gasteiger partial charge in [0, 0.05) is 22.8 Å². The van der Waals surface area contributed by atoms with Crippen LogP contribution in [0.5, 0.6) is 5.88 Å². The highest BCUT2D eigenvalue weighted by atomic mass is 32.1. The predicted octanol–water partition coefficient (Wildman–Crippen LogP) is 6.21. The van der Waals surface area contributed by atoms with Crippen molar-refractivity contribution in [2.45, 2.75) is 39.8 Å². The number of anilines is 1. The summed E-state index contributed by atoms with van der Waals surface area (Å²) >= 11 is 1.44. The summed E-state index contributed by atoms with van der Waals surface area (Å²) in [6.45, 7) is 15.1. The summed E-state index contributed by atoms with van der Waals surface area (Å²) in [4.78, 5) is 31.3. The Hall–Kier alpha value is -5.15. The lowest BCUT2D eigenvalue weighted by molar-refractivity contribution is 0.234. The molecule has 0 aliphatic rings. The number of thiazole rings is 1. The first-order valence-electron chi connectivity index (χ1n) is 13.1. The van der Waals surface area contributed by atoms with Gasteiger partial charge in [-0.05, 0) is 63.1 Å². The van der Waals surface area contributed by atoms with E-state index in [9.17, 15) is 9.18 Å². The minimum Gasteiger partial charge on any atom is -0.484 e. The zero-order chi connectivity index (χ0) is 29.7. The molecule has 0 saturated carbocycles. The molecular formula is C30H25FN8O2S. The summed E-state index contributed by atoms with van der Waals surface area (Å²) < 4.78 is 23.4. The van der Waals surface area contributed by atoms with Crippen LogP contribution in [0, 0.1) is 19.3 Å². The van der Waals surface area contributed by atoms with Crippen molar-refractivity contribution < 1.29 is 9.13 Å². The monoisotopic (exact) mass is 580 g/mol. The number of aromatic nitrogens is 6. The zero-order valence-electron chi connectivity index (χ0n) is 23.2. The van der Waals surface area contributed by atoms with Gasteiger partial charge in [-0.25, -0.2) is 28.9 Å². The van der Waals surface area contributed by atoms with Gasteiger partial charge >= 0.3 is 0 Å². The fraction of sp³-hybridized carbons (Fsp3) is 0.200. The van der Waals surface area contributed by atoms with E-state index in [1.165, 1.54) is 29.8 Å². The molecule has 0 amide bonds. The van der Waals surface area contributed by atoms with Gasteiger partial charge in [-0.15, -0.1) is 11.3 Å². The fourth-order valence-corrected chi connectivity index (χ4v) is 5.98. The average molecular weight is 581 g/mol. The molecule has 42 heavy (non-hydrogen) atoms. The van der Waals surface area contributed by atoms with Crippen molar-refractivity contribution >= 4 is 38.7 Å². The number of rotatable bonds is 6. The van der Waals surface area contributed by atoms with E-state index < -0.39 is 11.9 Å². The molecular weight excluding hydrogens is 555 g/mol. The molecule has 6 rings (SSSR count). The quantitative estimate of drug-likeness (QED) is 0.233. The van der Waals surface area contributed by atoms with Crippen molar-refractivity contribution in [3.63, 3.8) is 0 Å². The summed E-state index contributed by atoms with van der Waals surface area (Å²) in [7, 11) is 0.